The highest BCUT2D eigenvalue weighted by Gasteiger charge is 2.44. The summed E-state index contributed by atoms with van der Waals surface area (Å²) >= 11 is 9.58. The largest absolute Gasteiger partial charge is 0.490 e. The van der Waals surface area contributed by atoms with Crippen molar-refractivity contribution in [2.24, 2.45) is 0 Å². The highest BCUT2D eigenvalue weighted by Crippen LogP contribution is 2.39. The van der Waals surface area contributed by atoms with Crippen LogP contribution in [0, 0.1) is 13.8 Å². The fraction of sp³-hybridized carbons (Fsp3) is 0.147. The van der Waals surface area contributed by atoms with Gasteiger partial charge in [-0.15, -0.1) is 0 Å². The molecule has 1 saturated heterocycles. The molecule has 0 aromatic heterocycles. The van der Waals surface area contributed by atoms with E-state index < -0.39 is 17.8 Å². The monoisotopic (exact) mass is 658 g/mol. The van der Waals surface area contributed by atoms with Crippen molar-refractivity contribution in [1.29, 1.82) is 0 Å². The minimum atomic E-state index is -0.738. The molecule has 5 rings (SSSR count). The van der Waals surface area contributed by atoms with Crippen LogP contribution in [0.3, 0.4) is 0 Å². The first-order chi connectivity index (χ1) is 20.7. The van der Waals surface area contributed by atoms with E-state index in [-0.39, 0.29) is 12.2 Å². The SMILES string of the molecule is CCOc1cc(C=C2C(=O)N(c3ccccc3C)C(=O)N(c3ccccc3C)C2=O)cc(Br)c1OCc1ccc(Cl)cc1. The lowest BCUT2D eigenvalue weighted by Crippen LogP contribution is -2.57. The molecular weight excluding hydrogens is 632 g/mol. The van der Waals surface area contributed by atoms with E-state index in [1.165, 1.54) is 6.08 Å². The van der Waals surface area contributed by atoms with Crippen molar-refractivity contribution in [1.82, 2.24) is 0 Å². The Morgan fingerprint density at radius 2 is 1.35 bits per heavy atom. The highest BCUT2D eigenvalue weighted by atomic mass is 79.9. The lowest BCUT2D eigenvalue weighted by molar-refractivity contribution is -0.121. The Morgan fingerprint density at radius 1 is 0.791 bits per heavy atom. The summed E-state index contributed by atoms with van der Waals surface area (Å²) in [6.07, 6.45) is 1.48. The van der Waals surface area contributed by atoms with Gasteiger partial charge in [0.2, 0.25) is 0 Å². The Labute approximate surface area is 263 Å². The third kappa shape index (κ3) is 6.21. The lowest BCUT2D eigenvalue weighted by atomic mass is 10.0. The molecule has 4 aromatic rings. The van der Waals surface area contributed by atoms with Gasteiger partial charge in [-0.1, -0.05) is 60.1 Å². The smallest absolute Gasteiger partial charge is 0.343 e. The van der Waals surface area contributed by atoms with E-state index in [0.29, 0.717) is 55.7 Å². The van der Waals surface area contributed by atoms with Gasteiger partial charge >= 0.3 is 6.03 Å². The molecule has 1 aliphatic rings. The molecule has 1 fully saturated rings. The number of benzene rings is 4. The summed E-state index contributed by atoms with van der Waals surface area (Å²) in [4.78, 5) is 43.8. The van der Waals surface area contributed by atoms with Gasteiger partial charge in [0.15, 0.2) is 11.5 Å². The number of imide groups is 2. The van der Waals surface area contributed by atoms with Gasteiger partial charge in [0, 0.05) is 5.02 Å². The van der Waals surface area contributed by atoms with Crippen LogP contribution in [0.25, 0.3) is 6.08 Å². The van der Waals surface area contributed by atoms with Crippen LogP contribution >= 0.6 is 27.5 Å². The summed E-state index contributed by atoms with van der Waals surface area (Å²) in [5.41, 5.74) is 3.48. The van der Waals surface area contributed by atoms with Crippen molar-refractivity contribution in [2.45, 2.75) is 27.4 Å². The van der Waals surface area contributed by atoms with E-state index in [1.807, 2.05) is 57.2 Å². The van der Waals surface area contributed by atoms with Crippen molar-refractivity contribution in [3.63, 3.8) is 0 Å². The van der Waals surface area contributed by atoms with Crippen LogP contribution < -0.4 is 19.3 Å². The normalized spacial score (nSPS) is 13.4. The molecule has 0 N–H and O–H groups in total. The summed E-state index contributed by atoms with van der Waals surface area (Å²) in [7, 11) is 0. The Kier molecular flexibility index (Phi) is 8.99. The molecule has 0 radical (unpaired) electrons. The summed E-state index contributed by atoms with van der Waals surface area (Å²) in [5.74, 6) is -0.535. The van der Waals surface area contributed by atoms with Gasteiger partial charge in [0.1, 0.15) is 12.2 Å². The third-order valence-corrected chi connectivity index (χ3v) is 7.74. The summed E-state index contributed by atoms with van der Waals surface area (Å²) in [5, 5.41) is 0.632. The molecule has 0 bridgehead atoms. The zero-order valence-electron chi connectivity index (χ0n) is 23.8. The Hall–Kier alpha value is -4.40. The first-order valence-corrected chi connectivity index (χ1v) is 14.8. The number of rotatable bonds is 8. The third-order valence-electron chi connectivity index (χ3n) is 6.90. The first-order valence-electron chi connectivity index (χ1n) is 13.6. The number of hydrogen-bond donors (Lipinski definition) is 0. The average Bonchev–Trinajstić information content (AvgIpc) is 2.98. The second-order valence-corrected chi connectivity index (χ2v) is 11.2. The van der Waals surface area contributed by atoms with E-state index in [9.17, 15) is 14.4 Å². The molecule has 43 heavy (non-hydrogen) atoms. The number of aryl methyl sites for hydroxylation is 2. The molecule has 0 saturated carbocycles. The van der Waals surface area contributed by atoms with Crippen LogP contribution in [0.4, 0.5) is 16.2 Å². The number of para-hydroxylation sites is 2. The van der Waals surface area contributed by atoms with Crippen molar-refractivity contribution in [2.75, 3.05) is 16.4 Å². The number of barbiturate groups is 1. The van der Waals surface area contributed by atoms with E-state index in [1.54, 1.807) is 48.5 Å². The molecule has 0 spiro atoms. The van der Waals surface area contributed by atoms with Gasteiger partial charge in [0.25, 0.3) is 11.8 Å². The maximum Gasteiger partial charge on any atom is 0.343 e. The number of carbonyl (C=O) groups is 3. The maximum absolute atomic E-state index is 13.9. The fourth-order valence-corrected chi connectivity index (χ4v) is 5.46. The van der Waals surface area contributed by atoms with E-state index in [4.69, 9.17) is 21.1 Å². The van der Waals surface area contributed by atoms with Crippen LogP contribution in [-0.2, 0) is 16.2 Å². The number of carbonyl (C=O) groups excluding carboxylic acids is 3. The Balaban J connectivity index is 1.58. The second kappa shape index (κ2) is 12.9. The molecule has 0 atom stereocenters. The molecule has 1 heterocycles. The molecule has 0 unspecified atom stereocenters. The summed E-state index contributed by atoms with van der Waals surface area (Å²) < 4.78 is 12.5. The van der Waals surface area contributed by atoms with Gasteiger partial charge < -0.3 is 9.47 Å². The van der Waals surface area contributed by atoms with Crippen LogP contribution in [-0.4, -0.2) is 24.5 Å². The number of amides is 4. The first kappa shape index (κ1) is 30.1. The molecule has 7 nitrogen and oxygen atoms in total. The number of nitrogens with zero attached hydrogens (tertiary/aromatic N) is 2. The topological polar surface area (TPSA) is 76.2 Å². The molecular formula is C34H28BrClN2O5. The lowest BCUT2D eigenvalue weighted by Gasteiger charge is -2.35. The predicted molar refractivity (Wildman–Crippen MR) is 172 cm³/mol. The number of urea groups is 1. The van der Waals surface area contributed by atoms with Crippen LogP contribution in [0.15, 0.2) is 95.0 Å². The minimum Gasteiger partial charge on any atom is -0.490 e. The van der Waals surface area contributed by atoms with E-state index in [0.717, 1.165) is 15.4 Å². The predicted octanol–water partition coefficient (Wildman–Crippen LogP) is 8.28. The van der Waals surface area contributed by atoms with Crippen molar-refractivity contribution >= 4 is 62.8 Å². The molecule has 4 amide bonds. The van der Waals surface area contributed by atoms with Crippen LogP contribution in [0.5, 0.6) is 11.5 Å². The fourth-order valence-electron chi connectivity index (χ4n) is 4.76. The van der Waals surface area contributed by atoms with Crippen LogP contribution in [0.2, 0.25) is 5.02 Å². The second-order valence-electron chi connectivity index (χ2n) is 9.87. The quantitative estimate of drug-likeness (QED) is 0.141. The molecule has 1 aliphatic heterocycles. The summed E-state index contributed by atoms with van der Waals surface area (Å²) in [6, 6.07) is 24.1. The van der Waals surface area contributed by atoms with Crippen molar-refractivity contribution < 1.29 is 23.9 Å². The minimum absolute atomic E-state index is 0.171. The molecule has 0 aliphatic carbocycles. The standard InChI is InChI=1S/C34H28BrClN2O5/c1-4-42-30-19-24(18-27(35)31(30)43-20-23-13-15-25(36)16-14-23)17-26-32(39)37(28-11-7-5-9-21(28)2)34(41)38(33(26)40)29-12-8-6-10-22(29)3/h5-19H,4,20H2,1-3H3. The zero-order chi connectivity index (χ0) is 30.7. The van der Waals surface area contributed by atoms with Crippen molar-refractivity contribution in [3.05, 3.63) is 122 Å². The highest BCUT2D eigenvalue weighted by molar-refractivity contribution is 9.10. The Bertz CT molecular complexity index is 1680. The van der Waals surface area contributed by atoms with E-state index in [2.05, 4.69) is 15.9 Å². The number of hydrogen-bond acceptors (Lipinski definition) is 5. The van der Waals surface area contributed by atoms with Gasteiger partial charge in [-0.3, -0.25) is 9.59 Å². The van der Waals surface area contributed by atoms with Crippen LogP contribution in [0.1, 0.15) is 29.2 Å². The number of anilines is 2. The molecule has 218 valence electrons. The van der Waals surface area contributed by atoms with Gasteiger partial charge in [0.05, 0.1) is 22.5 Å². The van der Waals surface area contributed by atoms with E-state index >= 15 is 0 Å². The maximum atomic E-state index is 13.9. The van der Waals surface area contributed by atoms with Crippen molar-refractivity contribution in [3.8, 4) is 11.5 Å². The average molecular weight is 660 g/mol. The Morgan fingerprint density at radius 3 is 1.88 bits per heavy atom. The van der Waals surface area contributed by atoms with Gasteiger partial charge in [-0.2, -0.15) is 0 Å². The van der Waals surface area contributed by atoms with Gasteiger partial charge in [-0.25, -0.2) is 14.6 Å². The van der Waals surface area contributed by atoms with Gasteiger partial charge in [-0.05, 0) is 101 Å². The number of halogens is 2. The zero-order valence-corrected chi connectivity index (χ0v) is 26.1. The number of ether oxygens (including phenoxy) is 2. The summed E-state index contributed by atoms with van der Waals surface area (Å²) in [6.45, 7) is 6.09. The molecule has 9 heteroatoms. The molecule has 4 aromatic carbocycles.